The largest absolute Gasteiger partial charge is 0.384 e. The van der Waals surface area contributed by atoms with E-state index in [2.05, 4.69) is 16.9 Å². The van der Waals surface area contributed by atoms with Crippen molar-refractivity contribution in [1.29, 1.82) is 0 Å². The van der Waals surface area contributed by atoms with E-state index in [1.165, 1.54) is 0 Å². The van der Waals surface area contributed by atoms with Crippen LogP contribution in [0.2, 0.25) is 0 Å². The molecule has 2 heterocycles. The summed E-state index contributed by atoms with van der Waals surface area (Å²) in [5, 5.41) is 0. The lowest BCUT2D eigenvalue weighted by Crippen LogP contribution is -2.47. The van der Waals surface area contributed by atoms with Crippen molar-refractivity contribution in [3.63, 3.8) is 0 Å². The van der Waals surface area contributed by atoms with Crippen LogP contribution >= 0.6 is 0 Å². The average molecular weight is 310 g/mol. The maximum atomic E-state index is 12.6. The molecule has 5 heteroatoms. The number of benzene rings is 1. The van der Waals surface area contributed by atoms with Gasteiger partial charge < -0.3 is 15.5 Å². The van der Waals surface area contributed by atoms with Crippen molar-refractivity contribution < 1.29 is 4.79 Å². The summed E-state index contributed by atoms with van der Waals surface area (Å²) in [7, 11) is 2.08. The molecule has 1 fully saturated rings. The molecule has 2 N–H and O–H groups in total. The quantitative estimate of drug-likeness (QED) is 0.922. The van der Waals surface area contributed by atoms with Gasteiger partial charge in [-0.15, -0.1) is 0 Å². The number of aromatic nitrogens is 1. The van der Waals surface area contributed by atoms with E-state index in [-0.39, 0.29) is 5.91 Å². The molecule has 5 nitrogen and oxygen atoms in total. The third-order valence-corrected chi connectivity index (χ3v) is 4.36. The maximum absolute atomic E-state index is 12.6. The molecule has 0 unspecified atom stereocenters. The smallest absolute Gasteiger partial charge is 0.253 e. The molecule has 0 bridgehead atoms. The molecule has 0 radical (unpaired) electrons. The fourth-order valence-corrected chi connectivity index (χ4v) is 2.93. The Hall–Kier alpha value is -2.40. The molecule has 23 heavy (non-hydrogen) atoms. The minimum atomic E-state index is 0.113. The molecule has 3 rings (SSSR count). The molecule has 0 atom stereocenters. The highest BCUT2D eigenvalue weighted by Gasteiger charge is 2.20. The number of pyridine rings is 1. The van der Waals surface area contributed by atoms with Gasteiger partial charge in [0.15, 0.2) is 0 Å². The standard InChI is InChI=1S/C18H22N4O/c1-13-11-15(18(23)22-9-7-21(2)8-10-22)3-4-16(13)14-5-6-20-17(19)12-14/h3-6,11-12H,7-10H2,1-2H3,(H2,19,20). The van der Waals surface area contributed by atoms with Crippen LogP contribution in [0.1, 0.15) is 15.9 Å². The number of likely N-dealkylation sites (N-methyl/N-ethyl adjacent to an activating group) is 1. The van der Waals surface area contributed by atoms with Crippen LogP contribution < -0.4 is 5.73 Å². The van der Waals surface area contributed by atoms with Gasteiger partial charge in [-0.25, -0.2) is 4.98 Å². The molecule has 1 amide bonds. The second-order valence-corrected chi connectivity index (χ2v) is 6.09. The number of carbonyl (C=O) groups is 1. The van der Waals surface area contributed by atoms with E-state index in [1.54, 1.807) is 6.20 Å². The third-order valence-electron chi connectivity index (χ3n) is 4.36. The Labute approximate surface area is 136 Å². The first-order chi connectivity index (χ1) is 11.0. The summed E-state index contributed by atoms with van der Waals surface area (Å²) in [4.78, 5) is 20.8. The Kier molecular flexibility index (Phi) is 4.30. The van der Waals surface area contributed by atoms with Gasteiger partial charge in [0.25, 0.3) is 5.91 Å². The Morgan fingerprint density at radius 3 is 2.52 bits per heavy atom. The minimum absolute atomic E-state index is 0.113. The van der Waals surface area contributed by atoms with Crippen LogP contribution in [0.5, 0.6) is 0 Å². The van der Waals surface area contributed by atoms with E-state index in [9.17, 15) is 4.79 Å². The van der Waals surface area contributed by atoms with Gasteiger partial charge in [-0.3, -0.25) is 4.79 Å². The van der Waals surface area contributed by atoms with Gasteiger partial charge in [0.2, 0.25) is 0 Å². The number of nitrogens with two attached hydrogens (primary N) is 1. The zero-order chi connectivity index (χ0) is 16.4. The van der Waals surface area contributed by atoms with E-state index in [0.717, 1.165) is 48.4 Å². The minimum Gasteiger partial charge on any atom is -0.384 e. The number of hydrogen-bond donors (Lipinski definition) is 1. The molecular weight excluding hydrogens is 288 g/mol. The van der Waals surface area contributed by atoms with E-state index in [0.29, 0.717) is 5.82 Å². The zero-order valence-corrected chi connectivity index (χ0v) is 13.6. The highest BCUT2D eigenvalue weighted by Crippen LogP contribution is 2.25. The molecule has 1 aliphatic rings. The number of anilines is 1. The van der Waals surface area contributed by atoms with E-state index < -0.39 is 0 Å². The first-order valence-electron chi connectivity index (χ1n) is 7.85. The SMILES string of the molecule is Cc1cc(C(=O)N2CCN(C)CC2)ccc1-c1ccnc(N)c1. The number of nitrogen functional groups attached to an aromatic ring is 1. The van der Waals surface area contributed by atoms with Crippen molar-refractivity contribution in [3.05, 3.63) is 47.7 Å². The van der Waals surface area contributed by atoms with Crippen LogP contribution in [-0.4, -0.2) is 53.9 Å². The lowest BCUT2D eigenvalue weighted by atomic mass is 9.98. The van der Waals surface area contributed by atoms with Gasteiger partial charge in [-0.05, 0) is 54.9 Å². The van der Waals surface area contributed by atoms with E-state index in [4.69, 9.17) is 5.73 Å². The second-order valence-electron chi connectivity index (χ2n) is 6.09. The summed E-state index contributed by atoms with van der Waals surface area (Å²) >= 11 is 0. The van der Waals surface area contributed by atoms with Crippen LogP contribution in [-0.2, 0) is 0 Å². The Balaban J connectivity index is 1.83. The summed E-state index contributed by atoms with van der Waals surface area (Å²) in [5.74, 6) is 0.612. The molecular formula is C18H22N4O. The number of amides is 1. The molecule has 2 aromatic rings. The highest BCUT2D eigenvalue weighted by molar-refractivity contribution is 5.95. The van der Waals surface area contributed by atoms with Crippen LogP contribution in [0.4, 0.5) is 5.82 Å². The molecule has 1 saturated heterocycles. The third kappa shape index (κ3) is 3.35. The fraction of sp³-hybridized carbons (Fsp3) is 0.333. The monoisotopic (exact) mass is 310 g/mol. The summed E-state index contributed by atoms with van der Waals surface area (Å²) in [6.07, 6.45) is 1.70. The molecule has 120 valence electrons. The van der Waals surface area contributed by atoms with Crippen LogP contribution in [0, 0.1) is 6.92 Å². The molecule has 0 saturated carbocycles. The van der Waals surface area contributed by atoms with Crippen molar-refractivity contribution in [2.45, 2.75) is 6.92 Å². The zero-order valence-electron chi connectivity index (χ0n) is 13.6. The van der Waals surface area contributed by atoms with Crippen LogP contribution in [0.3, 0.4) is 0 Å². The van der Waals surface area contributed by atoms with Gasteiger partial charge in [0.05, 0.1) is 0 Å². The number of piperazine rings is 1. The van der Waals surface area contributed by atoms with Gasteiger partial charge in [0.1, 0.15) is 5.82 Å². The summed E-state index contributed by atoms with van der Waals surface area (Å²) in [6.45, 7) is 5.46. The summed E-state index contributed by atoms with van der Waals surface area (Å²) < 4.78 is 0. The van der Waals surface area contributed by atoms with Gasteiger partial charge in [-0.1, -0.05) is 6.07 Å². The first kappa shape index (κ1) is 15.5. The Bertz CT molecular complexity index is 721. The Morgan fingerprint density at radius 2 is 1.87 bits per heavy atom. The van der Waals surface area contributed by atoms with E-state index in [1.807, 2.05) is 42.2 Å². The number of aryl methyl sites for hydroxylation is 1. The molecule has 0 spiro atoms. The first-order valence-corrected chi connectivity index (χ1v) is 7.85. The highest BCUT2D eigenvalue weighted by atomic mass is 16.2. The van der Waals surface area contributed by atoms with Crippen molar-refractivity contribution in [2.24, 2.45) is 0 Å². The molecule has 1 aromatic heterocycles. The fourth-order valence-electron chi connectivity index (χ4n) is 2.93. The van der Waals surface area contributed by atoms with E-state index >= 15 is 0 Å². The topological polar surface area (TPSA) is 62.5 Å². The van der Waals surface area contributed by atoms with Crippen LogP contribution in [0.25, 0.3) is 11.1 Å². The average Bonchev–Trinajstić information content (AvgIpc) is 2.55. The lowest BCUT2D eigenvalue weighted by Gasteiger charge is -2.32. The van der Waals surface area contributed by atoms with Crippen molar-refractivity contribution in [2.75, 3.05) is 39.0 Å². The number of carbonyl (C=O) groups excluding carboxylic acids is 1. The number of hydrogen-bond acceptors (Lipinski definition) is 4. The van der Waals surface area contributed by atoms with Gasteiger partial charge in [-0.2, -0.15) is 0 Å². The lowest BCUT2D eigenvalue weighted by molar-refractivity contribution is 0.0664. The van der Waals surface area contributed by atoms with Gasteiger partial charge in [0, 0.05) is 37.9 Å². The predicted octanol–water partition coefficient (Wildman–Crippen LogP) is 2.03. The second kappa shape index (κ2) is 6.38. The maximum Gasteiger partial charge on any atom is 0.253 e. The molecule has 1 aromatic carbocycles. The Morgan fingerprint density at radius 1 is 1.13 bits per heavy atom. The summed E-state index contributed by atoms with van der Waals surface area (Å²) in [6, 6.07) is 9.64. The number of rotatable bonds is 2. The van der Waals surface area contributed by atoms with Crippen LogP contribution in [0.15, 0.2) is 36.5 Å². The molecule has 0 aliphatic carbocycles. The summed E-state index contributed by atoms with van der Waals surface area (Å²) in [5.41, 5.74) is 9.67. The van der Waals surface area contributed by atoms with Gasteiger partial charge >= 0.3 is 0 Å². The predicted molar refractivity (Wildman–Crippen MR) is 92.2 cm³/mol. The van der Waals surface area contributed by atoms with Crippen molar-refractivity contribution >= 4 is 11.7 Å². The molecule has 1 aliphatic heterocycles. The van der Waals surface area contributed by atoms with Crippen molar-refractivity contribution in [3.8, 4) is 11.1 Å². The normalized spacial score (nSPS) is 15.7. The van der Waals surface area contributed by atoms with Crippen molar-refractivity contribution in [1.82, 2.24) is 14.8 Å². The number of nitrogens with zero attached hydrogens (tertiary/aromatic N) is 3.